The number of carbonyl (C=O) groups excluding carboxylic acids is 1. The van der Waals surface area contributed by atoms with E-state index in [1.807, 2.05) is 25.1 Å². The minimum absolute atomic E-state index is 0.163. The number of rotatable bonds is 3. The van der Waals surface area contributed by atoms with Crippen molar-refractivity contribution in [2.75, 3.05) is 5.32 Å². The highest BCUT2D eigenvalue weighted by Gasteiger charge is 2.25. The van der Waals surface area contributed by atoms with Crippen molar-refractivity contribution in [1.82, 2.24) is 4.98 Å². The van der Waals surface area contributed by atoms with E-state index in [0.29, 0.717) is 6.42 Å². The molecule has 0 aliphatic carbocycles. The molecule has 3 N–H and O–H groups in total. The minimum atomic E-state index is -0.831. The molecule has 1 aromatic heterocycles. The molecule has 17 heavy (non-hydrogen) atoms. The second-order valence-electron chi connectivity index (χ2n) is 4.26. The largest absolute Gasteiger partial charge is 0.324 e. The van der Waals surface area contributed by atoms with Crippen LogP contribution in [0.15, 0.2) is 23.7 Å². The Kier molecular flexibility index (Phi) is 3.13. The van der Waals surface area contributed by atoms with Crippen LogP contribution in [0.5, 0.6) is 0 Å². The van der Waals surface area contributed by atoms with Gasteiger partial charge in [0, 0.05) is 5.69 Å². The van der Waals surface area contributed by atoms with Gasteiger partial charge in [0.25, 0.3) is 0 Å². The first kappa shape index (κ1) is 12.0. The molecule has 1 atom stereocenters. The highest BCUT2D eigenvalue weighted by molar-refractivity contribution is 7.16. The number of fused-ring (bicyclic) bond motifs is 1. The third-order valence-corrected chi connectivity index (χ3v) is 3.63. The zero-order chi connectivity index (χ0) is 12.5. The summed E-state index contributed by atoms with van der Waals surface area (Å²) in [4.78, 5) is 16.1. The van der Waals surface area contributed by atoms with Crippen LogP contribution in [0.4, 0.5) is 5.69 Å². The standard InChI is InChI=1S/C12H15N3OS/c1-3-12(2,13)11(16)15-8-4-5-9-10(6-8)17-7-14-9/h4-7H,3,13H2,1-2H3,(H,15,16). The molecule has 0 bridgehead atoms. The van der Waals surface area contributed by atoms with E-state index in [1.165, 1.54) is 0 Å². The van der Waals surface area contributed by atoms with Crippen molar-refractivity contribution in [2.45, 2.75) is 25.8 Å². The van der Waals surface area contributed by atoms with Crippen molar-refractivity contribution < 1.29 is 4.79 Å². The molecule has 4 nitrogen and oxygen atoms in total. The van der Waals surface area contributed by atoms with Gasteiger partial charge in [0.2, 0.25) is 5.91 Å². The topological polar surface area (TPSA) is 68.0 Å². The molecule has 0 aliphatic heterocycles. The molecule has 0 radical (unpaired) electrons. The summed E-state index contributed by atoms with van der Waals surface area (Å²) in [7, 11) is 0. The summed E-state index contributed by atoms with van der Waals surface area (Å²) in [5.74, 6) is -0.163. The van der Waals surface area contributed by atoms with Crippen LogP contribution in [0.25, 0.3) is 10.2 Å². The lowest BCUT2D eigenvalue weighted by Crippen LogP contribution is -2.47. The van der Waals surface area contributed by atoms with Crippen LogP contribution < -0.4 is 11.1 Å². The van der Waals surface area contributed by atoms with Gasteiger partial charge in [-0.1, -0.05) is 6.92 Å². The molecule has 1 aromatic carbocycles. The molecular formula is C12H15N3OS. The Morgan fingerprint density at radius 2 is 2.35 bits per heavy atom. The summed E-state index contributed by atoms with van der Waals surface area (Å²) in [5.41, 5.74) is 8.54. The van der Waals surface area contributed by atoms with E-state index in [4.69, 9.17) is 5.73 Å². The predicted molar refractivity (Wildman–Crippen MR) is 71.1 cm³/mol. The first-order valence-electron chi connectivity index (χ1n) is 5.46. The van der Waals surface area contributed by atoms with E-state index in [1.54, 1.807) is 23.8 Å². The number of aromatic nitrogens is 1. The molecule has 2 rings (SSSR count). The Balaban J connectivity index is 2.21. The smallest absolute Gasteiger partial charge is 0.244 e. The zero-order valence-corrected chi connectivity index (χ0v) is 10.7. The van der Waals surface area contributed by atoms with Crippen molar-refractivity contribution >= 4 is 33.1 Å². The van der Waals surface area contributed by atoms with Gasteiger partial charge in [0.05, 0.1) is 21.3 Å². The summed E-state index contributed by atoms with van der Waals surface area (Å²) in [6, 6.07) is 5.64. The fourth-order valence-corrected chi connectivity index (χ4v) is 2.08. The molecule has 5 heteroatoms. The van der Waals surface area contributed by atoms with Gasteiger partial charge in [-0.05, 0) is 31.5 Å². The van der Waals surface area contributed by atoms with Crippen LogP contribution in [-0.4, -0.2) is 16.4 Å². The van der Waals surface area contributed by atoms with E-state index in [9.17, 15) is 4.79 Å². The number of carbonyl (C=O) groups is 1. The van der Waals surface area contributed by atoms with Gasteiger partial charge in [-0.25, -0.2) is 4.98 Å². The molecule has 0 saturated carbocycles. The van der Waals surface area contributed by atoms with Gasteiger partial charge in [0.1, 0.15) is 0 Å². The van der Waals surface area contributed by atoms with Crippen LogP contribution in [0.3, 0.4) is 0 Å². The van der Waals surface area contributed by atoms with E-state index in [2.05, 4.69) is 10.3 Å². The van der Waals surface area contributed by atoms with Crippen LogP contribution >= 0.6 is 11.3 Å². The Hall–Kier alpha value is -1.46. The van der Waals surface area contributed by atoms with Crippen LogP contribution in [0.2, 0.25) is 0 Å². The second kappa shape index (κ2) is 4.43. The molecule has 1 unspecified atom stereocenters. The maximum atomic E-state index is 11.9. The Labute approximate surface area is 104 Å². The van der Waals surface area contributed by atoms with Crippen LogP contribution in [-0.2, 0) is 4.79 Å². The normalized spacial score (nSPS) is 14.5. The first-order chi connectivity index (χ1) is 8.03. The quantitative estimate of drug-likeness (QED) is 0.877. The number of hydrogen-bond acceptors (Lipinski definition) is 4. The Morgan fingerprint density at radius 1 is 1.59 bits per heavy atom. The average Bonchev–Trinajstić information content (AvgIpc) is 2.76. The minimum Gasteiger partial charge on any atom is -0.324 e. The average molecular weight is 249 g/mol. The number of anilines is 1. The first-order valence-corrected chi connectivity index (χ1v) is 6.34. The van der Waals surface area contributed by atoms with Gasteiger partial charge in [-0.15, -0.1) is 11.3 Å². The SMILES string of the molecule is CCC(C)(N)C(=O)Nc1ccc2ncsc2c1. The van der Waals surface area contributed by atoms with Crippen molar-refractivity contribution in [3.8, 4) is 0 Å². The van der Waals surface area contributed by atoms with Crippen molar-refractivity contribution in [3.63, 3.8) is 0 Å². The predicted octanol–water partition coefficient (Wildman–Crippen LogP) is 2.36. The summed E-state index contributed by atoms with van der Waals surface area (Å²) in [6.07, 6.45) is 0.599. The summed E-state index contributed by atoms with van der Waals surface area (Å²) in [6.45, 7) is 3.62. The molecule has 90 valence electrons. The maximum Gasteiger partial charge on any atom is 0.244 e. The summed E-state index contributed by atoms with van der Waals surface area (Å²) in [5, 5.41) is 2.83. The number of nitrogens with two attached hydrogens (primary N) is 1. The van der Waals surface area contributed by atoms with E-state index >= 15 is 0 Å². The lowest BCUT2D eigenvalue weighted by molar-refractivity contribution is -0.120. The number of hydrogen-bond donors (Lipinski definition) is 2. The Morgan fingerprint density at radius 3 is 3.06 bits per heavy atom. The number of benzene rings is 1. The van der Waals surface area contributed by atoms with E-state index in [0.717, 1.165) is 15.9 Å². The van der Waals surface area contributed by atoms with Gasteiger partial charge in [-0.2, -0.15) is 0 Å². The summed E-state index contributed by atoms with van der Waals surface area (Å²) < 4.78 is 1.05. The molecular weight excluding hydrogens is 234 g/mol. The van der Waals surface area contributed by atoms with Gasteiger partial charge >= 0.3 is 0 Å². The fourth-order valence-electron chi connectivity index (χ4n) is 1.37. The highest BCUT2D eigenvalue weighted by Crippen LogP contribution is 2.22. The number of nitrogens with zero attached hydrogens (tertiary/aromatic N) is 1. The zero-order valence-electron chi connectivity index (χ0n) is 9.86. The van der Waals surface area contributed by atoms with E-state index in [-0.39, 0.29) is 5.91 Å². The van der Waals surface area contributed by atoms with Crippen LogP contribution in [0.1, 0.15) is 20.3 Å². The van der Waals surface area contributed by atoms with Gasteiger partial charge in [0.15, 0.2) is 0 Å². The van der Waals surface area contributed by atoms with Crippen molar-refractivity contribution in [1.29, 1.82) is 0 Å². The van der Waals surface area contributed by atoms with Gasteiger partial charge in [-0.3, -0.25) is 4.79 Å². The van der Waals surface area contributed by atoms with Crippen molar-refractivity contribution in [2.24, 2.45) is 5.73 Å². The lowest BCUT2D eigenvalue weighted by Gasteiger charge is -2.21. The van der Waals surface area contributed by atoms with Crippen molar-refractivity contribution in [3.05, 3.63) is 23.7 Å². The second-order valence-corrected chi connectivity index (χ2v) is 5.15. The number of nitrogens with one attached hydrogen (secondary N) is 1. The van der Waals surface area contributed by atoms with Crippen LogP contribution in [0, 0.1) is 0 Å². The third kappa shape index (κ3) is 2.45. The molecule has 2 aromatic rings. The maximum absolute atomic E-state index is 11.9. The molecule has 0 fully saturated rings. The summed E-state index contributed by atoms with van der Waals surface area (Å²) >= 11 is 1.55. The molecule has 0 spiro atoms. The molecule has 1 heterocycles. The highest BCUT2D eigenvalue weighted by atomic mass is 32.1. The Bertz CT molecular complexity index is 547. The third-order valence-electron chi connectivity index (χ3n) is 2.84. The fraction of sp³-hybridized carbons (Fsp3) is 0.333. The molecule has 1 amide bonds. The lowest BCUT2D eigenvalue weighted by atomic mass is 9.99. The monoisotopic (exact) mass is 249 g/mol. The van der Waals surface area contributed by atoms with E-state index < -0.39 is 5.54 Å². The number of amides is 1. The number of thiazole rings is 1. The molecule has 0 saturated heterocycles. The van der Waals surface area contributed by atoms with Gasteiger partial charge < -0.3 is 11.1 Å². The molecule has 0 aliphatic rings.